The van der Waals surface area contributed by atoms with E-state index in [2.05, 4.69) is 24.4 Å². The fourth-order valence-electron chi connectivity index (χ4n) is 4.99. The lowest BCUT2D eigenvalue weighted by atomic mass is 9.95. The van der Waals surface area contributed by atoms with Gasteiger partial charge in [-0.1, -0.05) is 12.1 Å². The molecule has 5 nitrogen and oxygen atoms in total. The van der Waals surface area contributed by atoms with Gasteiger partial charge in [0.05, 0.1) is 16.7 Å². The monoisotopic (exact) mass is 412 g/mol. The molecule has 3 aromatic carbocycles. The van der Waals surface area contributed by atoms with Crippen molar-refractivity contribution in [1.29, 1.82) is 0 Å². The zero-order valence-corrected chi connectivity index (χ0v) is 17.5. The van der Waals surface area contributed by atoms with Gasteiger partial charge in [-0.15, -0.1) is 0 Å². The van der Waals surface area contributed by atoms with Gasteiger partial charge in [-0.2, -0.15) is 0 Å². The summed E-state index contributed by atoms with van der Waals surface area (Å²) in [6, 6.07) is 16.5. The van der Waals surface area contributed by atoms with E-state index in [4.69, 9.17) is 4.98 Å². The molecule has 4 aromatic rings. The van der Waals surface area contributed by atoms with Gasteiger partial charge in [0.2, 0.25) is 5.66 Å². The Labute approximate surface area is 179 Å². The van der Waals surface area contributed by atoms with Gasteiger partial charge in [0.1, 0.15) is 11.6 Å². The van der Waals surface area contributed by atoms with Crippen LogP contribution in [0.2, 0.25) is 0 Å². The number of para-hydroxylation sites is 1. The number of imidazole rings is 1. The largest absolute Gasteiger partial charge is 0.350 e. The van der Waals surface area contributed by atoms with Gasteiger partial charge < -0.3 is 10.2 Å². The highest BCUT2D eigenvalue weighted by Gasteiger charge is 2.56. The third-order valence-electron chi connectivity index (χ3n) is 6.60. The molecular formula is C25H21FN4O. The van der Waals surface area contributed by atoms with Gasteiger partial charge in [0.25, 0.3) is 5.91 Å². The first kappa shape index (κ1) is 18.1. The number of fused-ring (bicyclic) bond motifs is 8. The summed E-state index contributed by atoms with van der Waals surface area (Å²) in [6.07, 6.45) is 0. The van der Waals surface area contributed by atoms with E-state index in [1.54, 1.807) is 11.0 Å². The summed E-state index contributed by atoms with van der Waals surface area (Å²) in [5.41, 5.74) is 5.66. The topological polar surface area (TPSA) is 50.2 Å². The van der Waals surface area contributed by atoms with Crippen molar-refractivity contribution in [2.45, 2.75) is 26.4 Å². The normalized spacial score (nSPS) is 18.8. The van der Waals surface area contributed by atoms with E-state index >= 15 is 0 Å². The van der Waals surface area contributed by atoms with E-state index in [0.717, 1.165) is 39.1 Å². The summed E-state index contributed by atoms with van der Waals surface area (Å²) in [5.74, 6) is 0.197. The minimum Gasteiger partial charge on any atom is -0.350 e. The average Bonchev–Trinajstić information content (AvgIpc) is 3.23. The Morgan fingerprint density at radius 3 is 2.65 bits per heavy atom. The Bertz CT molecular complexity index is 1420. The van der Waals surface area contributed by atoms with Gasteiger partial charge >= 0.3 is 0 Å². The second kappa shape index (κ2) is 5.94. The number of carbonyl (C=O) groups excluding carboxylic acids is 1. The number of likely N-dealkylation sites (N-methyl/N-ethyl adjacent to an activating group) is 1. The molecule has 154 valence electrons. The molecule has 6 heteroatoms. The molecule has 0 fully saturated rings. The summed E-state index contributed by atoms with van der Waals surface area (Å²) < 4.78 is 16.5. The number of benzene rings is 3. The molecule has 31 heavy (non-hydrogen) atoms. The van der Waals surface area contributed by atoms with Gasteiger partial charge in [-0.3, -0.25) is 9.36 Å². The predicted octanol–water partition coefficient (Wildman–Crippen LogP) is 4.95. The second-order valence-corrected chi connectivity index (χ2v) is 8.29. The fourth-order valence-corrected chi connectivity index (χ4v) is 4.99. The molecule has 1 N–H and O–H groups in total. The quantitative estimate of drug-likeness (QED) is 0.481. The van der Waals surface area contributed by atoms with Gasteiger partial charge in [0.15, 0.2) is 0 Å². The van der Waals surface area contributed by atoms with Crippen LogP contribution in [0.15, 0.2) is 54.6 Å². The maximum Gasteiger partial charge on any atom is 0.279 e. The molecule has 1 amide bonds. The molecule has 3 heterocycles. The highest BCUT2D eigenvalue weighted by atomic mass is 19.1. The maximum absolute atomic E-state index is 14.5. The van der Waals surface area contributed by atoms with Crippen molar-refractivity contribution in [3.63, 3.8) is 0 Å². The van der Waals surface area contributed by atoms with Crippen LogP contribution >= 0.6 is 0 Å². The maximum atomic E-state index is 14.5. The smallest absolute Gasteiger partial charge is 0.279 e. The van der Waals surface area contributed by atoms with Crippen LogP contribution in [-0.4, -0.2) is 22.0 Å². The molecule has 2 aliphatic heterocycles. The van der Waals surface area contributed by atoms with Crippen LogP contribution in [0, 0.1) is 19.7 Å². The third-order valence-corrected chi connectivity index (χ3v) is 6.60. The number of anilines is 2. The van der Waals surface area contributed by atoms with E-state index in [1.165, 1.54) is 12.1 Å². The van der Waals surface area contributed by atoms with Crippen LogP contribution < -0.4 is 10.2 Å². The van der Waals surface area contributed by atoms with E-state index in [1.807, 2.05) is 42.7 Å². The van der Waals surface area contributed by atoms with Crippen molar-refractivity contribution in [1.82, 2.24) is 9.55 Å². The minimum atomic E-state index is -1.30. The molecule has 1 spiro atoms. The predicted molar refractivity (Wildman–Crippen MR) is 120 cm³/mol. The number of nitrogens with zero attached hydrogens (tertiary/aromatic N) is 3. The molecule has 0 saturated carbocycles. The van der Waals surface area contributed by atoms with Gasteiger partial charge in [-0.05, 0) is 74.4 Å². The highest BCUT2D eigenvalue weighted by molar-refractivity contribution is 6.12. The number of hydrogen-bond acceptors (Lipinski definition) is 3. The number of rotatable bonds is 1. The molecule has 6 rings (SSSR count). The van der Waals surface area contributed by atoms with E-state index in [0.29, 0.717) is 17.9 Å². The first-order chi connectivity index (χ1) is 15.0. The number of aryl methyl sites for hydroxylation is 2. The van der Waals surface area contributed by atoms with Crippen LogP contribution in [0.1, 0.15) is 23.6 Å². The Balaban J connectivity index is 1.80. The number of carbonyl (C=O) groups is 1. The van der Waals surface area contributed by atoms with Crippen molar-refractivity contribution < 1.29 is 9.18 Å². The Hall–Kier alpha value is -3.67. The standard InChI is InChI=1S/C25H21FN4O/c1-4-29-21-10-9-16(26)13-18(21)25(24(29)31)28-19-8-6-5-7-17(19)23-27-20-11-14(2)15(3)12-22(20)30(23)25/h5-13,28H,4H2,1-3H3. The third kappa shape index (κ3) is 2.14. The Morgan fingerprint density at radius 1 is 1.06 bits per heavy atom. The number of halogens is 1. The fraction of sp³-hybridized carbons (Fsp3) is 0.200. The van der Waals surface area contributed by atoms with E-state index in [-0.39, 0.29) is 11.7 Å². The van der Waals surface area contributed by atoms with Crippen LogP contribution in [0.4, 0.5) is 15.8 Å². The van der Waals surface area contributed by atoms with Crippen molar-refractivity contribution in [3.05, 3.63) is 77.1 Å². The Kier molecular flexibility index (Phi) is 3.47. The number of hydrogen-bond donors (Lipinski definition) is 1. The summed E-state index contributed by atoms with van der Waals surface area (Å²) in [5, 5.41) is 3.50. The Morgan fingerprint density at radius 2 is 1.84 bits per heavy atom. The van der Waals surface area contributed by atoms with Crippen molar-refractivity contribution in [2.75, 3.05) is 16.8 Å². The molecule has 0 radical (unpaired) electrons. The molecule has 1 atom stereocenters. The lowest BCUT2D eigenvalue weighted by molar-refractivity contribution is -0.123. The van der Waals surface area contributed by atoms with Crippen molar-refractivity contribution in [3.8, 4) is 11.4 Å². The summed E-state index contributed by atoms with van der Waals surface area (Å²) in [4.78, 5) is 20.7. The lowest BCUT2D eigenvalue weighted by Crippen LogP contribution is -2.53. The highest BCUT2D eigenvalue weighted by Crippen LogP contribution is 2.50. The summed E-state index contributed by atoms with van der Waals surface area (Å²) >= 11 is 0. The van der Waals surface area contributed by atoms with Crippen LogP contribution in [0.25, 0.3) is 22.4 Å². The molecule has 0 aliphatic carbocycles. The second-order valence-electron chi connectivity index (χ2n) is 8.29. The molecule has 0 saturated heterocycles. The van der Waals surface area contributed by atoms with Crippen LogP contribution in [0.3, 0.4) is 0 Å². The van der Waals surface area contributed by atoms with Gasteiger partial charge in [0, 0.05) is 23.4 Å². The first-order valence-corrected chi connectivity index (χ1v) is 10.5. The molecular weight excluding hydrogens is 391 g/mol. The molecule has 1 unspecified atom stereocenters. The lowest BCUT2D eigenvalue weighted by Gasteiger charge is -2.38. The molecule has 0 bridgehead atoms. The van der Waals surface area contributed by atoms with Crippen LogP contribution in [0.5, 0.6) is 0 Å². The molecule has 1 aromatic heterocycles. The van der Waals surface area contributed by atoms with Crippen molar-refractivity contribution in [2.24, 2.45) is 0 Å². The summed E-state index contributed by atoms with van der Waals surface area (Å²) in [7, 11) is 0. The summed E-state index contributed by atoms with van der Waals surface area (Å²) in [6.45, 7) is 6.53. The zero-order valence-electron chi connectivity index (χ0n) is 17.5. The number of aromatic nitrogens is 2. The van der Waals surface area contributed by atoms with Crippen molar-refractivity contribution >= 4 is 28.3 Å². The zero-order chi connectivity index (χ0) is 21.5. The van der Waals surface area contributed by atoms with E-state index < -0.39 is 5.66 Å². The number of nitrogens with one attached hydrogen (secondary N) is 1. The SMILES string of the molecule is CCN1C(=O)C2(Nc3ccccc3-c3nc4cc(C)c(C)cc4n32)c2cc(F)ccc21. The first-order valence-electron chi connectivity index (χ1n) is 10.5. The van der Waals surface area contributed by atoms with Crippen LogP contribution in [-0.2, 0) is 10.5 Å². The minimum absolute atomic E-state index is 0.135. The average molecular weight is 412 g/mol. The van der Waals surface area contributed by atoms with Gasteiger partial charge in [-0.25, -0.2) is 9.37 Å². The number of amides is 1. The molecule has 2 aliphatic rings. The van der Waals surface area contributed by atoms with E-state index in [9.17, 15) is 9.18 Å².